The smallest absolute Gasteiger partial charge is 0.223 e. The van der Waals surface area contributed by atoms with Crippen molar-refractivity contribution in [2.24, 2.45) is 5.41 Å². The lowest BCUT2D eigenvalue weighted by atomic mass is 9.91. The molecule has 1 aromatic heterocycles. The third kappa shape index (κ3) is 4.02. The molecular formula is C23H24F2N2O2. The lowest BCUT2D eigenvalue weighted by Crippen LogP contribution is -2.33. The predicted octanol–water partition coefficient (Wildman–Crippen LogP) is 5.87. The predicted molar refractivity (Wildman–Crippen MR) is 107 cm³/mol. The first-order chi connectivity index (χ1) is 13.7. The summed E-state index contributed by atoms with van der Waals surface area (Å²) in [6.45, 7) is 6.86. The first kappa shape index (κ1) is 19.6. The van der Waals surface area contributed by atoms with Crippen molar-refractivity contribution >= 4 is 17.0 Å². The van der Waals surface area contributed by atoms with Gasteiger partial charge in [0.05, 0.1) is 0 Å². The maximum Gasteiger partial charge on any atom is 0.223 e. The molecule has 2 aromatic carbocycles. The highest BCUT2D eigenvalue weighted by Crippen LogP contribution is 2.36. The fraction of sp³-hybridized carbons (Fsp3) is 0.391. The van der Waals surface area contributed by atoms with E-state index < -0.39 is 11.6 Å². The second kappa shape index (κ2) is 7.25. The van der Waals surface area contributed by atoms with E-state index in [-0.39, 0.29) is 17.4 Å². The van der Waals surface area contributed by atoms with Crippen LogP contribution in [0.3, 0.4) is 0 Å². The van der Waals surface area contributed by atoms with Crippen molar-refractivity contribution in [1.29, 1.82) is 0 Å². The summed E-state index contributed by atoms with van der Waals surface area (Å²) < 4.78 is 32.7. The van der Waals surface area contributed by atoms with E-state index in [1.165, 1.54) is 12.1 Å². The van der Waals surface area contributed by atoms with Crippen LogP contribution in [0.5, 0.6) is 0 Å². The minimum atomic E-state index is -0.887. The molecule has 1 aliphatic heterocycles. The number of oxazole rings is 1. The summed E-state index contributed by atoms with van der Waals surface area (Å²) in [5.74, 6) is -1.12. The van der Waals surface area contributed by atoms with Crippen LogP contribution in [-0.2, 0) is 4.79 Å². The fourth-order valence-corrected chi connectivity index (χ4v) is 3.82. The van der Waals surface area contributed by atoms with Crippen molar-refractivity contribution < 1.29 is 18.0 Å². The van der Waals surface area contributed by atoms with Gasteiger partial charge in [0, 0.05) is 13.0 Å². The molecular weight excluding hydrogens is 374 g/mol. The highest BCUT2D eigenvalue weighted by Gasteiger charge is 2.34. The largest absolute Gasteiger partial charge is 0.438 e. The Morgan fingerprint density at radius 1 is 1.14 bits per heavy atom. The molecule has 1 amide bonds. The van der Waals surface area contributed by atoms with E-state index in [1.807, 2.05) is 4.90 Å². The molecule has 2 heterocycles. The number of hydrogen-bond donors (Lipinski definition) is 0. The van der Waals surface area contributed by atoms with Gasteiger partial charge < -0.3 is 9.32 Å². The Kier molecular flexibility index (Phi) is 4.89. The summed E-state index contributed by atoms with van der Waals surface area (Å²) in [4.78, 5) is 19.2. The molecule has 6 heteroatoms. The highest BCUT2D eigenvalue weighted by molar-refractivity contribution is 5.81. The third-order valence-corrected chi connectivity index (χ3v) is 5.20. The van der Waals surface area contributed by atoms with Crippen LogP contribution in [0.2, 0.25) is 0 Å². The Balaban J connectivity index is 1.63. The van der Waals surface area contributed by atoms with Gasteiger partial charge in [-0.15, -0.1) is 0 Å². The summed E-state index contributed by atoms with van der Waals surface area (Å²) in [6.07, 6.45) is 2.21. The van der Waals surface area contributed by atoms with Crippen LogP contribution in [0.4, 0.5) is 8.78 Å². The van der Waals surface area contributed by atoms with Gasteiger partial charge >= 0.3 is 0 Å². The van der Waals surface area contributed by atoms with Gasteiger partial charge in [-0.25, -0.2) is 13.8 Å². The second-order valence-corrected chi connectivity index (χ2v) is 8.85. The zero-order chi connectivity index (χ0) is 20.8. The van der Waals surface area contributed by atoms with Crippen LogP contribution in [0, 0.1) is 17.0 Å². The second-order valence-electron chi connectivity index (χ2n) is 8.85. The summed E-state index contributed by atoms with van der Waals surface area (Å²) in [5, 5.41) is 0. The lowest BCUT2D eigenvalue weighted by molar-refractivity contribution is -0.134. The van der Waals surface area contributed by atoms with Crippen LogP contribution in [0.25, 0.3) is 22.2 Å². The number of aromatic nitrogens is 1. The van der Waals surface area contributed by atoms with E-state index in [1.54, 1.807) is 18.2 Å². The first-order valence-electron chi connectivity index (χ1n) is 9.87. The number of nitrogens with zero attached hydrogens (tertiary/aromatic N) is 2. The van der Waals surface area contributed by atoms with Gasteiger partial charge in [-0.1, -0.05) is 32.9 Å². The van der Waals surface area contributed by atoms with Crippen molar-refractivity contribution in [1.82, 2.24) is 9.88 Å². The average Bonchev–Trinajstić information content (AvgIpc) is 3.28. The Morgan fingerprint density at radius 3 is 2.59 bits per heavy atom. The molecule has 4 nitrogen and oxygen atoms in total. The standard InChI is InChI=1S/C23H24F2N2O2/c1-23(2,3)13-21(28)27-10-4-5-19(27)22-26-18-12-15(7-9-20(18)29-22)14-6-8-16(24)17(25)11-14/h6-9,11-12,19H,4-5,10,13H2,1-3H3. The SMILES string of the molecule is CC(C)(C)CC(=O)N1CCCC1c1nc2cc(-c3ccc(F)c(F)c3)ccc2o1. The Hall–Kier alpha value is -2.76. The van der Waals surface area contributed by atoms with Crippen molar-refractivity contribution in [3.63, 3.8) is 0 Å². The van der Waals surface area contributed by atoms with E-state index in [9.17, 15) is 13.6 Å². The normalized spacial score (nSPS) is 17.3. The summed E-state index contributed by atoms with van der Waals surface area (Å²) in [5.41, 5.74) is 2.46. The van der Waals surface area contributed by atoms with E-state index in [2.05, 4.69) is 25.8 Å². The van der Waals surface area contributed by atoms with E-state index in [0.29, 0.717) is 35.5 Å². The molecule has 1 aliphatic rings. The van der Waals surface area contributed by atoms with Crippen LogP contribution in [-0.4, -0.2) is 22.3 Å². The van der Waals surface area contributed by atoms with Gasteiger partial charge in [0.2, 0.25) is 11.8 Å². The third-order valence-electron chi connectivity index (χ3n) is 5.20. The zero-order valence-electron chi connectivity index (χ0n) is 16.8. The van der Waals surface area contributed by atoms with Gasteiger partial charge in [0.1, 0.15) is 11.6 Å². The van der Waals surface area contributed by atoms with E-state index >= 15 is 0 Å². The quantitative estimate of drug-likeness (QED) is 0.554. The Morgan fingerprint density at radius 2 is 1.86 bits per heavy atom. The van der Waals surface area contributed by atoms with Crippen molar-refractivity contribution in [3.05, 3.63) is 53.9 Å². The number of amides is 1. The van der Waals surface area contributed by atoms with Crippen molar-refractivity contribution in [2.45, 2.75) is 46.1 Å². The maximum atomic E-state index is 13.6. The molecule has 0 bridgehead atoms. The number of carbonyl (C=O) groups excluding carboxylic acids is 1. The molecule has 1 saturated heterocycles. The fourth-order valence-electron chi connectivity index (χ4n) is 3.82. The maximum absolute atomic E-state index is 13.6. The topological polar surface area (TPSA) is 46.3 Å². The molecule has 1 atom stereocenters. The van der Waals surface area contributed by atoms with Gasteiger partial charge in [-0.05, 0) is 53.6 Å². The van der Waals surface area contributed by atoms with Crippen LogP contribution < -0.4 is 0 Å². The molecule has 152 valence electrons. The highest BCUT2D eigenvalue weighted by atomic mass is 19.2. The Bertz CT molecular complexity index is 1070. The average molecular weight is 398 g/mol. The van der Waals surface area contributed by atoms with Crippen LogP contribution >= 0.6 is 0 Å². The summed E-state index contributed by atoms with van der Waals surface area (Å²) >= 11 is 0. The molecule has 0 radical (unpaired) electrons. The van der Waals surface area contributed by atoms with Crippen LogP contribution in [0.15, 0.2) is 40.8 Å². The van der Waals surface area contributed by atoms with Gasteiger partial charge in [0.15, 0.2) is 17.2 Å². The minimum Gasteiger partial charge on any atom is -0.438 e. The summed E-state index contributed by atoms with van der Waals surface area (Å²) in [7, 11) is 0. The number of likely N-dealkylation sites (tertiary alicyclic amines) is 1. The molecule has 1 fully saturated rings. The number of halogens is 2. The molecule has 0 spiro atoms. The van der Waals surface area contributed by atoms with Gasteiger partial charge in [-0.3, -0.25) is 4.79 Å². The molecule has 29 heavy (non-hydrogen) atoms. The number of rotatable bonds is 3. The van der Waals surface area contributed by atoms with E-state index in [0.717, 1.165) is 24.5 Å². The van der Waals surface area contributed by atoms with Crippen LogP contribution in [0.1, 0.15) is 52.0 Å². The number of carbonyl (C=O) groups is 1. The number of fused-ring (bicyclic) bond motifs is 1. The minimum absolute atomic E-state index is 0.0785. The number of hydrogen-bond acceptors (Lipinski definition) is 3. The lowest BCUT2D eigenvalue weighted by Gasteiger charge is -2.26. The van der Waals surface area contributed by atoms with Crippen molar-refractivity contribution in [2.75, 3.05) is 6.54 Å². The van der Waals surface area contributed by atoms with Gasteiger partial charge in [0.25, 0.3) is 0 Å². The number of benzene rings is 2. The molecule has 1 unspecified atom stereocenters. The van der Waals surface area contributed by atoms with Gasteiger partial charge in [-0.2, -0.15) is 0 Å². The van der Waals surface area contributed by atoms with Crippen molar-refractivity contribution in [3.8, 4) is 11.1 Å². The molecule has 0 N–H and O–H groups in total. The molecule has 0 saturated carbocycles. The first-order valence-corrected chi connectivity index (χ1v) is 9.87. The molecule has 3 aromatic rings. The molecule has 0 aliphatic carbocycles. The zero-order valence-corrected chi connectivity index (χ0v) is 16.8. The molecule has 4 rings (SSSR count). The van der Waals surface area contributed by atoms with E-state index in [4.69, 9.17) is 4.42 Å². The summed E-state index contributed by atoms with van der Waals surface area (Å²) in [6, 6.07) is 9.01. The Labute approximate surface area is 168 Å². The monoisotopic (exact) mass is 398 g/mol.